The zero-order valence-corrected chi connectivity index (χ0v) is 12.3. The molecule has 2 aromatic rings. The first kappa shape index (κ1) is 15.1. The number of sulfonamides is 1. The van der Waals surface area contributed by atoms with E-state index in [2.05, 4.69) is 30.4 Å². The SMILES string of the molecule is CN(C)S(=O)(=O)CCNc1nc(N)nc(-n2cncn2)n1. The summed E-state index contributed by atoms with van der Waals surface area (Å²) in [5.41, 5.74) is 5.58. The van der Waals surface area contributed by atoms with E-state index in [1.165, 1.54) is 31.4 Å². The predicted molar refractivity (Wildman–Crippen MR) is 75.1 cm³/mol. The van der Waals surface area contributed by atoms with Crippen LogP contribution in [0.3, 0.4) is 0 Å². The van der Waals surface area contributed by atoms with Crippen molar-refractivity contribution < 1.29 is 8.42 Å². The first-order valence-corrected chi connectivity index (χ1v) is 7.50. The summed E-state index contributed by atoms with van der Waals surface area (Å²) < 4.78 is 25.7. The summed E-state index contributed by atoms with van der Waals surface area (Å²) in [6.07, 6.45) is 2.74. The average Bonchev–Trinajstić information content (AvgIpc) is 2.91. The molecular weight excluding hydrogens is 298 g/mol. The van der Waals surface area contributed by atoms with Crippen molar-refractivity contribution in [2.45, 2.75) is 0 Å². The number of rotatable bonds is 6. The van der Waals surface area contributed by atoms with Gasteiger partial charge in [-0.3, -0.25) is 0 Å². The maximum absolute atomic E-state index is 11.6. The number of nitrogens with zero attached hydrogens (tertiary/aromatic N) is 7. The minimum atomic E-state index is -3.29. The van der Waals surface area contributed by atoms with Gasteiger partial charge < -0.3 is 11.1 Å². The molecule has 11 nitrogen and oxygen atoms in total. The highest BCUT2D eigenvalue weighted by Crippen LogP contribution is 2.05. The Bertz CT molecular complexity index is 698. The van der Waals surface area contributed by atoms with E-state index in [0.29, 0.717) is 0 Å². The third-order valence-electron chi connectivity index (χ3n) is 2.46. The maximum atomic E-state index is 11.6. The van der Waals surface area contributed by atoms with E-state index in [4.69, 9.17) is 5.73 Å². The van der Waals surface area contributed by atoms with Crippen LogP contribution in [0.2, 0.25) is 0 Å². The van der Waals surface area contributed by atoms with E-state index in [1.807, 2.05) is 0 Å². The largest absolute Gasteiger partial charge is 0.368 e. The fraction of sp³-hybridized carbons (Fsp3) is 0.444. The zero-order chi connectivity index (χ0) is 15.5. The lowest BCUT2D eigenvalue weighted by Gasteiger charge is -2.11. The molecule has 0 aliphatic carbocycles. The topological polar surface area (TPSA) is 145 Å². The van der Waals surface area contributed by atoms with Gasteiger partial charge in [0, 0.05) is 20.6 Å². The molecule has 0 spiro atoms. The molecule has 2 heterocycles. The van der Waals surface area contributed by atoms with E-state index in [-0.39, 0.29) is 30.1 Å². The van der Waals surface area contributed by atoms with Gasteiger partial charge in [0.1, 0.15) is 12.7 Å². The van der Waals surface area contributed by atoms with Gasteiger partial charge in [0.05, 0.1) is 5.75 Å². The molecule has 21 heavy (non-hydrogen) atoms. The van der Waals surface area contributed by atoms with Gasteiger partial charge in [-0.2, -0.15) is 24.7 Å². The maximum Gasteiger partial charge on any atom is 0.258 e. The van der Waals surface area contributed by atoms with Gasteiger partial charge in [0.25, 0.3) is 5.95 Å². The molecule has 0 atom stereocenters. The van der Waals surface area contributed by atoms with E-state index >= 15 is 0 Å². The molecule has 0 amide bonds. The third-order valence-corrected chi connectivity index (χ3v) is 4.30. The van der Waals surface area contributed by atoms with Crippen molar-refractivity contribution >= 4 is 21.9 Å². The van der Waals surface area contributed by atoms with Gasteiger partial charge in [-0.25, -0.2) is 17.7 Å². The monoisotopic (exact) mass is 313 g/mol. The van der Waals surface area contributed by atoms with Crippen molar-refractivity contribution in [2.24, 2.45) is 0 Å². The van der Waals surface area contributed by atoms with Crippen LogP contribution in [0.5, 0.6) is 0 Å². The minimum absolute atomic E-state index is 0.00605. The molecule has 0 aliphatic rings. The number of nitrogens with one attached hydrogen (secondary N) is 1. The van der Waals surface area contributed by atoms with Gasteiger partial charge in [-0.15, -0.1) is 0 Å². The molecule has 0 fully saturated rings. The van der Waals surface area contributed by atoms with Crippen molar-refractivity contribution in [2.75, 3.05) is 37.4 Å². The zero-order valence-electron chi connectivity index (χ0n) is 11.5. The summed E-state index contributed by atoms with van der Waals surface area (Å²) in [6, 6.07) is 0. The van der Waals surface area contributed by atoms with Crippen molar-refractivity contribution in [3.63, 3.8) is 0 Å². The Kier molecular flexibility index (Phi) is 4.28. The molecule has 0 aliphatic heterocycles. The van der Waals surface area contributed by atoms with Gasteiger partial charge in [0.2, 0.25) is 21.9 Å². The second-order valence-corrected chi connectivity index (χ2v) is 6.48. The fourth-order valence-corrected chi connectivity index (χ4v) is 2.07. The number of nitrogen functional groups attached to an aromatic ring is 1. The lowest BCUT2D eigenvalue weighted by atomic mass is 10.7. The van der Waals surface area contributed by atoms with Crippen LogP contribution in [-0.4, -0.2) is 68.8 Å². The molecule has 0 bridgehead atoms. The molecule has 2 aromatic heterocycles. The number of anilines is 2. The normalized spacial score (nSPS) is 11.8. The van der Waals surface area contributed by atoms with Crippen LogP contribution in [0.1, 0.15) is 0 Å². The van der Waals surface area contributed by atoms with Crippen LogP contribution < -0.4 is 11.1 Å². The highest BCUT2D eigenvalue weighted by molar-refractivity contribution is 7.89. The molecule has 0 radical (unpaired) electrons. The summed E-state index contributed by atoms with van der Waals surface area (Å²) in [5.74, 6) is 0.262. The van der Waals surface area contributed by atoms with Gasteiger partial charge in [-0.05, 0) is 0 Å². The van der Waals surface area contributed by atoms with Crippen LogP contribution >= 0.6 is 0 Å². The van der Waals surface area contributed by atoms with Crippen LogP contribution in [0, 0.1) is 0 Å². The summed E-state index contributed by atoms with van der Waals surface area (Å²) >= 11 is 0. The standard InChI is InChI=1S/C9H15N9O2S/c1-17(2)21(19,20)4-3-12-8-14-7(10)15-9(16-8)18-6-11-5-13-18/h5-6H,3-4H2,1-2H3,(H3,10,12,14,15,16). The first-order valence-electron chi connectivity index (χ1n) is 5.89. The molecule has 0 saturated heterocycles. The Morgan fingerprint density at radius 3 is 2.71 bits per heavy atom. The molecule has 12 heteroatoms. The molecular formula is C9H15N9O2S. The Hall–Kier alpha value is -2.34. The second-order valence-electron chi connectivity index (χ2n) is 4.18. The predicted octanol–water partition coefficient (Wildman–Crippen LogP) is -1.66. The molecule has 3 N–H and O–H groups in total. The Morgan fingerprint density at radius 2 is 2.10 bits per heavy atom. The molecule has 2 rings (SSSR count). The van der Waals surface area contributed by atoms with E-state index < -0.39 is 10.0 Å². The first-order chi connectivity index (χ1) is 9.88. The van der Waals surface area contributed by atoms with Gasteiger partial charge >= 0.3 is 0 Å². The summed E-state index contributed by atoms with van der Waals surface area (Å²) in [5, 5.41) is 6.67. The van der Waals surface area contributed by atoms with E-state index in [9.17, 15) is 8.42 Å². The summed E-state index contributed by atoms with van der Waals surface area (Å²) in [7, 11) is -0.348. The van der Waals surface area contributed by atoms with Crippen molar-refractivity contribution in [1.29, 1.82) is 0 Å². The Labute approximate surface area is 121 Å². The summed E-state index contributed by atoms with van der Waals surface area (Å²) in [6.45, 7) is 0.140. The Balaban J connectivity index is 2.08. The number of hydrogen-bond donors (Lipinski definition) is 2. The second kappa shape index (κ2) is 5.97. The van der Waals surface area contributed by atoms with Crippen LogP contribution in [0.15, 0.2) is 12.7 Å². The van der Waals surface area contributed by atoms with Gasteiger partial charge in [-0.1, -0.05) is 0 Å². The van der Waals surface area contributed by atoms with Crippen LogP contribution in [-0.2, 0) is 10.0 Å². The highest BCUT2D eigenvalue weighted by Gasteiger charge is 2.13. The molecule has 0 aromatic carbocycles. The number of nitrogens with two attached hydrogens (primary N) is 1. The van der Waals surface area contributed by atoms with E-state index in [0.717, 1.165) is 4.31 Å². The molecule has 0 saturated carbocycles. The van der Waals surface area contributed by atoms with Crippen molar-refractivity contribution in [1.82, 2.24) is 34.0 Å². The quantitative estimate of drug-likeness (QED) is 0.639. The Morgan fingerprint density at radius 1 is 1.33 bits per heavy atom. The fourth-order valence-electron chi connectivity index (χ4n) is 1.35. The van der Waals surface area contributed by atoms with Crippen LogP contribution in [0.4, 0.5) is 11.9 Å². The molecule has 0 unspecified atom stereocenters. The number of aromatic nitrogens is 6. The van der Waals surface area contributed by atoms with E-state index in [1.54, 1.807) is 0 Å². The summed E-state index contributed by atoms with van der Waals surface area (Å²) in [4.78, 5) is 15.6. The van der Waals surface area contributed by atoms with Gasteiger partial charge in [0.15, 0.2) is 0 Å². The lowest BCUT2D eigenvalue weighted by Crippen LogP contribution is -2.28. The molecule has 114 valence electrons. The number of hydrogen-bond acceptors (Lipinski definition) is 9. The minimum Gasteiger partial charge on any atom is -0.368 e. The average molecular weight is 313 g/mol. The van der Waals surface area contributed by atoms with Crippen LogP contribution in [0.25, 0.3) is 5.95 Å². The van der Waals surface area contributed by atoms with Crippen molar-refractivity contribution in [3.8, 4) is 5.95 Å². The van der Waals surface area contributed by atoms with Crippen molar-refractivity contribution in [3.05, 3.63) is 12.7 Å². The lowest BCUT2D eigenvalue weighted by molar-refractivity contribution is 0.521. The third kappa shape index (κ3) is 3.82. The smallest absolute Gasteiger partial charge is 0.258 e. The highest BCUT2D eigenvalue weighted by atomic mass is 32.2.